The minimum atomic E-state index is -0.0568. The van der Waals surface area contributed by atoms with Crippen molar-refractivity contribution in [2.75, 3.05) is 0 Å². The number of hydrogen-bond donors (Lipinski definition) is 0. The first kappa shape index (κ1) is 12.2. The summed E-state index contributed by atoms with van der Waals surface area (Å²) in [4.78, 5) is 12.2. The Balaban J connectivity index is 2.00. The van der Waals surface area contributed by atoms with E-state index in [4.69, 9.17) is 4.74 Å². The van der Waals surface area contributed by atoms with Gasteiger partial charge in [0.25, 0.3) is 0 Å². The van der Waals surface area contributed by atoms with E-state index in [0.717, 1.165) is 15.6 Å². The lowest BCUT2D eigenvalue weighted by molar-refractivity contribution is 0.101. The second kappa shape index (κ2) is 4.67. The molecule has 1 heterocycles. The summed E-state index contributed by atoms with van der Waals surface area (Å²) in [6, 6.07) is 13.4. The van der Waals surface area contributed by atoms with Gasteiger partial charge in [-0.1, -0.05) is 39.7 Å². The van der Waals surface area contributed by atoms with E-state index >= 15 is 0 Å². The summed E-state index contributed by atoms with van der Waals surface area (Å²) in [5, 5.41) is 0. The van der Waals surface area contributed by atoms with Gasteiger partial charge in [0.2, 0.25) is 5.78 Å². The van der Waals surface area contributed by atoms with Crippen LogP contribution in [0.1, 0.15) is 21.5 Å². The molecule has 0 amide bonds. The fourth-order valence-electron chi connectivity index (χ4n) is 2.05. The number of benzene rings is 2. The van der Waals surface area contributed by atoms with Gasteiger partial charge in [0.1, 0.15) is 5.75 Å². The van der Waals surface area contributed by atoms with Crippen LogP contribution in [0.3, 0.4) is 0 Å². The molecule has 1 aliphatic heterocycles. The van der Waals surface area contributed by atoms with Crippen molar-refractivity contribution in [3.63, 3.8) is 0 Å². The van der Waals surface area contributed by atoms with Gasteiger partial charge >= 0.3 is 0 Å². The zero-order chi connectivity index (χ0) is 13.4. The Bertz CT molecular complexity index is 702. The minimum Gasteiger partial charge on any atom is -0.452 e. The van der Waals surface area contributed by atoms with Gasteiger partial charge in [-0.05, 0) is 42.8 Å². The first-order valence-electron chi connectivity index (χ1n) is 5.94. The van der Waals surface area contributed by atoms with Crippen molar-refractivity contribution in [2.45, 2.75) is 6.92 Å². The highest BCUT2D eigenvalue weighted by Crippen LogP contribution is 2.32. The summed E-state index contributed by atoms with van der Waals surface area (Å²) >= 11 is 3.41. The first-order chi connectivity index (χ1) is 9.13. The highest BCUT2D eigenvalue weighted by molar-refractivity contribution is 9.10. The van der Waals surface area contributed by atoms with Gasteiger partial charge in [-0.3, -0.25) is 4.79 Å². The molecular weight excluding hydrogens is 304 g/mol. The molecule has 0 atom stereocenters. The minimum absolute atomic E-state index is 0.0568. The van der Waals surface area contributed by atoms with Gasteiger partial charge in [0.15, 0.2) is 5.76 Å². The summed E-state index contributed by atoms with van der Waals surface area (Å²) in [7, 11) is 0. The van der Waals surface area contributed by atoms with Crippen molar-refractivity contribution in [3.8, 4) is 5.75 Å². The number of carbonyl (C=O) groups excluding carboxylic acids is 1. The van der Waals surface area contributed by atoms with Gasteiger partial charge in [-0.25, -0.2) is 0 Å². The number of allylic oxidation sites excluding steroid dienone is 1. The predicted octanol–water partition coefficient (Wildman–Crippen LogP) is 4.37. The average molecular weight is 315 g/mol. The smallest absolute Gasteiger partial charge is 0.231 e. The second-order valence-electron chi connectivity index (χ2n) is 4.49. The number of carbonyl (C=O) groups is 1. The van der Waals surface area contributed by atoms with Crippen LogP contribution in [-0.2, 0) is 0 Å². The molecular formula is C16H11BrO2. The fourth-order valence-corrected chi connectivity index (χ4v) is 2.47. The number of ether oxygens (including phenoxy) is 1. The van der Waals surface area contributed by atoms with Gasteiger partial charge in [-0.15, -0.1) is 0 Å². The largest absolute Gasteiger partial charge is 0.452 e. The maximum atomic E-state index is 12.2. The highest BCUT2D eigenvalue weighted by atomic mass is 79.9. The molecule has 0 bridgehead atoms. The molecule has 0 N–H and O–H groups in total. The molecule has 0 aliphatic carbocycles. The van der Waals surface area contributed by atoms with Gasteiger partial charge in [-0.2, -0.15) is 0 Å². The fraction of sp³-hybridized carbons (Fsp3) is 0.0625. The molecule has 0 fully saturated rings. The predicted molar refractivity (Wildman–Crippen MR) is 78.3 cm³/mol. The van der Waals surface area contributed by atoms with Crippen LogP contribution < -0.4 is 4.74 Å². The molecule has 0 saturated heterocycles. The Morgan fingerprint density at radius 2 is 2.00 bits per heavy atom. The molecule has 2 nitrogen and oxygen atoms in total. The second-order valence-corrected chi connectivity index (χ2v) is 5.41. The van der Waals surface area contributed by atoms with Crippen molar-refractivity contribution in [3.05, 3.63) is 69.4 Å². The number of fused-ring (bicyclic) bond motifs is 1. The number of rotatable bonds is 1. The van der Waals surface area contributed by atoms with Crippen LogP contribution in [0.4, 0.5) is 0 Å². The number of aryl methyl sites for hydroxylation is 1. The molecule has 19 heavy (non-hydrogen) atoms. The average Bonchev–Trinajstić information content (AvgIpc) is 2.67. The van der Waals surface area contributed by atoms with Crippen molar-refractivity contribution in [2.24, 2.45) is 0 Å². The Kier molecular flexibility index (Phi) is 2.99. The van der Waals surface area contributed by atoms with E-state index < -0.39 is 0 Å². The summed E-state index contributed by atoms with van der Waals surface area (Å²) in [5.74, 6) is 0.953. The summed E-state index contributed by atoms with van der Waals surface area (Å²) in [6.07, 6.45) is 1.77. The maximum absolute atomic E-state index is 12.2. The molecule has 94 valence electrons. The number of Topliss-reactive ketones (excluding diaryl/α,β-unsaturated/α-hetero) is 1. The van der Waals surface area contributed by atoms with Crippen molar-refractivity contribution < 1.29 is 9.53 Å². The summed E-state index contributed by atoms with van der Waals surface area (Å²) in [5.41, 5.74) is 2.63. The van der Waals surface area contributed by atoms with E-state index in [9.17, 15) is 4.79 Å². The monoisotopic (exact) mass is 314 g/mol. The van der Waals surface area contributed by atoms with Gasteiger partial charge in [0, 0.05) is 4.47 Å². The zero-order valence-electron chi connectivity index (χ0n) is 10.3. The summed E-state index contributed by atoms with van der Waals surface area (Å²) < 4.78 is 6.59. The third-order valence-electron chi connectivity index (χ3n) is 2.97. The molecule has 1 aliphatic rings. The molecule has 0 unspecified atom stereocenters. The zero-order valence-corrected chi connectivity index (χ0v) is 11.9. The topological polar surface area (TPSA) is 26.3 Å². The third-order valence-corrected chi connectivity index (χ3v) is 3.46. The first-order valence-corrected chi connectivity index (χ1v) is 6.73. The molecule has 0 spiro atoms. The standard InChI is InChI=1S/C16H11BrO2/c1-10-5-6-14-13(7-10)16(18)15(19-14)9-11-3-2-4-12(17)8-11/h2-9H,1H3/b15-9-. The molecule has 3 rings (SSSR count). The van der Waals surface area contributed by atoms with Crippen molar-refractivity contribution in [1.82, 2.24) is 0 Å². The summed E-state index contributed by atoms with van der Waals surface area (Å²) in [6.45, 7) is 1.96. The Morgan fingerprint density at radius 3 is 2.79 bits per heavy atom. The lowest BCUT2D eigenvalue weighted by Gasteiger charge is -1.99. The van der Waals surface area contributed by atoms with Crippen LogP contribution in [0, 0.1) is 6.92 Å². The quantitative estimate of drug-likeness (QED) is 0.730. The van der Waals surface area contributed by atoms with Crippen LogP contribution in [0.2, 0.25) is 0 Å². The van der Waals surface area contributed by atoms with Crippen LogP contribution in [0.15, 0.2) is 52.7 Å². The van der Waals surface area contributed by atoms with E-state index in [1.165, 1.54) is 0 Å². The highest BCUT2D eigenvalue weighted by Gasteiger charge is 2.26. The molecule has 2 aromatic carbocycles. The Hall–Kier alpha value is -1.87. The van der Waals surface area contributed by atoms with E-state index in [1.807, 2.05) is 49.4 Å². The lowest BCUT2D eigenvalue weighted by atomic mass is 10.1. The van der Waals surface area contributed by atoms with E-state index in [1.54, 1.807) is 6.08 Å². The van der Waals surface area contributed by atoms with E-state index in [0.29, 0.717) is 17.1 Å². The normalized spacial score (nSPS) is 15.5. The van der Waals surface area contributed by atoms with Crippen LogP contribution in [-0.4, -0.2) is 5.78 Å². The molecule has 0 saturated carbocycles. The van der Waals surface area contributed by atoms with Crippen molar-refractivity contribution in [1.29, 1.82) is 0 Å². The van der Waals surface area contributed by atoms with Crippen LogP contribution in [0.5, 0.6) is 5.75 Å². The number of halogens is 1. The lowest BCUT2D eigenvalue weighted by Crippen LogP contribution is -1.98. The van der Waals surface area contributed by atoms with Crippen molar-refractivity contribution >= 4 is 27.8 Å². The molecule has 0 radical (unpaired) electrons. The molecule has 0 aromatic heterocycles. The van der Waals surface area contributed by atoms with E-state index in [-0.39, 0.29) is 5.78 Å². The molecule has 2 aromatic rings. The Morgan fingerprint density at radius 1 is 1.16 bits per heavy atom. The van der Waals surface area contributed by atoms with Gasteiger partial charge < -0.3 is 4.74 Å². The van der Waals surface area contributed by atoms with Crippen LogP contribution in [0.25, 0.3) is 6.08 Å². The van der Waals surface area contributed by atoms with Gasteiger partial charge in [0.05, 0.1) is 5.56 Å². The Labute approximate surface area is 119 Å². The number of hydrogen-bond acceptors (Lipinski definition) is 2. The van der Waals surface area contributed by atoms with Crippen LogP contribution >= 0.6 is 15.9 Å². The third kappa shape index (κ3) is 2.34. The van der Waals surface area contributed by atoms with E-state index in [2.05, 4.69) is 15.9 Å². The SMILES string of the molecule is Cc1ccc2c(c1)C(=O)/C(=C/c1cccc(Br)c1)O2. The number of ketones is 1. The molecule has 3 heteroatoms. The maximum Gasteiger partial charge on any atom is 0.231 e.